The molecule has 0 aliphatic carbocycles. The Morgan fingerprint density at radius 3 is 2.33 bits per heavy atom. The minimum atomic E-state index is -0.641. The molecule has 0 saturated carbocycles. The molecule has 6 nitrogen and oxygen atoms in total. The molecule has 0 spiro atoms. The van der Waals surface area contributed by atoms with E-state index in [0.29, 0.717) is 27.9 Å². The predicted octanol–water partition coefficient (Wildman–Crippen LogP) is 2.96. The van der Waals surface area contributed by atoms with Gasteiger partial charge in [-0.1, -0.05) is 17.3 Å². The summed E-state index contributed by atoms with van der Waals surface area (Å²) in [6.07, 6.45) is 1.32. The first-order valence-corrected chi connectivity index (χ1v) is 8.93. The van der Waals surface area contributed by atoms with Crippen LogP contribution in [0.1, 0.15) is 45.7 Å². The van der Waals surface area contributed by atoms with E-state index in [0.717, 1.165) is 0 Å². The van der Waals surface area contributed by atoms with Crippen molar-refractivity contribution < 1.29 is 13.7 Å². The summed E-state index contributed by atoms with van der Waals surface area (Å²) < 4.78 is 27.2. The number of halogens is 1. The van der Waals surface area contributed by atoms with Gasteiger partial charge in [-0.3, -0.25) is 4.99 Å². The number of nitrogens with two attached hydrogens (primary N) is 1. The zero-order valence-corrected chi connectivity index (χ0v) is 16.8. The van der Waals surface area contributed by atoms with Crippen LogP contribution in [0.15, 0.2) is 28.5 Å². The molecular formula is C19H27BFN3O3. The largest absolute Gasteiger partial charge is 0.495 e. The molecule has 1 aliphatic heterocycles. The van der Waals surface area contributed by atoms with Gasteiger partial charge >= 0.3 is 7.12 Å². The molecule has 1 aromatic carbocycles. The fraction of sp³-hybridized carbons (Fsp3) is 0.526. The Hall–Kier alpha value is -2.06. The maximum atomic E-state index is 15.2. The van der Waals surface area contributed by atoms with Crippen LogP contribution in [0.3, 0.4) is 0 Å². The average Bonchev–Trinajstić information content (AvgIpc) is 2.80. The molecule has 0 aromatic heterocycles. The second kappa shape index (κ2) is 7.90. The van der Waals surface area contributed by atoms with Crippen molar-refractivity contribution in [1.82, 2.24) is 0 Å². The zero-order chi connectivity index (χ0) is 20.4. The SMILES string of the molecule is CC(=NCCN=O)C(=CN)c1ccc(B2OC(C)(C)C(C)(C)O2)c(C)c1F. The number of nitrogens with zero attached hydrogens (tertiary/aromatic N) is 2. The van der Waals surface area contributed by atoms with E-state index >= 15 is 4.39 Å². The summed E-state index contributed by atoms with van der Waals surface area (Å²) in [6, 6.07) is 3.44. The van der Waals surface area contributed by atoms with Gasteiger partial charge in [-0.05, 0) is 52.6 Å². The molecule has 0 amide bonds. The maximum absolute atomic E-state index is 15.2. The second-order valence-corrected chi connectivity index (χ2v) is 7.63. The molecule has 1 fully saturated rings. The first kappa shape index (κ1) is 21.2. The lowest BCUT2D eigenvalue weighted by molar-refractivity contribution is 0.00578. The van der Waals surface area contributed by atoms with Crippen molar-refractivity contribution in [3.05, 3.63) is 40.2 Å². The highest BCUT2D eigenvalue weighted by molar-refractivity contribution is 6.62. The van der Waals surface area contributed by atoms with Crippen molar-refractivity contribution >= 4 is 23.9 Å². The van der Waals surface area contributed by atoms with Gasteiger partial charge in [-0.2, -0.15) is 4.91 Å². The third-order valence-corrected chi connectivity index (χ3v) is 5.32. The number of nitroso groups, excluding NO2 is 1. The van der Waals surface area contributed by atoms with Gasteiger partial charge in [0.1, 0.15) is 12.4 Å². The summed E-state index contributed by atoms with van der Waals surface area (Å²) >= 11 is 0. The lowest BCUT2D eigenvalue weighted by atomic mass is 9.75. The van der Waals surface area contributed by atoms with Gasteiger partial charge in [0.15, 0.2) is 0 Å². The van der Waals surface area contributed by atoms with E-state index in [1.165, 1.54) is 6.20 Å². The molecular weight excluding hydrogens is 348 g/mol. The molecule has 1 saturated heterocycles. The van der Waals surface area contributed by atoms with Crippen molar-refractivity contribution in [1.29, 1.82) is 0 Å². The third-order valence-electron chi connectivity index (χ3n) is 5.32. The van der Waals surface area contributed by atoms with E-state index in [1.807, 2.05) is 27.7 Å². The molecule has 0 atom stereocenters. The third kappa shape index (κ3) is 4.11. The Morgan fingerprint density at radius 1 is 1.22 bits per heavy atom. The Labute approximate surface area is 160 Å². The standard InChI is InChI=1S/C19H27BFN3O3/c1-12-16(20-26-18(3,4)19(5,6)27-20)8-7-14(17(12)21)15(11-22)13(2)23-9-10-24-25/h7-8,11H,9-10,22H2,1-6H3. The highest BCUT2D eigenvalue weighted by atomic mass is 19.1. The van der Waals surface area contributed by atoms with Crippen LogP contribution in [0.5, 0.6) is 0 Å². The number of benzene rings is 1. The van der Waals surface area contributed by atoms with Crippen LogP contribution in [0, 0.1) is 17.6 Å². The number of hydrogen-bond donors (Lipinski definition) is 1. The van der Waals surface area contributed by atoms with Crippen LogP contribution in [-0.2, 0) is 9.31 Å². The second-order valence-electron chi connectivity index (χ2n) is 7.63. The number of allylic oxidation sites excluding steroid dienone is 1. The highest BCUT2D eigenvalue weighted by Crippen LogP contribution is 2.37. The van der Waals surface area contributed by atoms with Gasteiger partial charge in [0, 0.05) is 23.0 Å². The lowest BCUT2D eigenvalue weighted by Crippen LogP contribution is -2.41. The van der Waals surface area contributed by atoms with Crippen LogP contribution in [0.4, 0.5) is 4.39 Å². The summed E-state index contributed by atoms with van der Waals surface area (Å²) in [6.45, 7) is 11.5. The van der Waals surface area contributed by atoms with Crippen LogP contribution < -0.4 is 11.2 Å². The molecule has 27 heavy (non-hydrogen) atoms. The van der Waals surface area contributed by atoms with Crippen molar-refractivity contribution in [2.75, 3.05) is 13.1 Å². The highest BCUT2D eigenvalue weighted by Gasteiger charge is 2.52. The fourth-order valence-electron chi connectivity index (χ4n) is 2.88. The minimum Gasteiger partial charge on any atom is -0.404 e. The number of aliphatic imine (C=N–C) groups is 1. The summed E-state index contributed by atoms with van der Waals surface area (Å²) in [5.41, 5.74) is 7.15. The van der Waals surface area contributed by atoms with Crippen molar-refractivity contribution in [3.8, 4) is 0 Å². The monoisotopic (exact) mass is 375 g/mol. The first-order chi connectivity index (χ1) is 12.6. The molecule has 2 N–H and O–H groups in total. The molecule has 2 rings (SSSR count). The van der Waals surface area contributed by atoms with Gasteiger partial charge in [0.05, 0.1) is 17.7 Å². The van der Waals surface area contributed by atoms with Crippen molar-refractivity contribution in [2.45, 2.75) is 52.7 Å². The summed E-state index contributed by atoms with van der Waals surface area (Å²) in [5, 5.41) is 2.77. The first-order valence-electron chi connectivity index (χ1n) is 8.93. The number of rotatable bonds is 6. The molecule has 0 unspecified atom stereocenters. The molecule has 1 aliphatic rings. The van der Waals surface area contributed by atoms with E-state index in [4.69, 9.17) is 15.0 Å². The maximum Gasteiger partial charge on any atom is 0.495 e. The smallest absolute Gasteiger partial charge is 0.404 e. The molecule has 1 aromatic rings. The van der Waals surface area contributed by atoms with E-state index in [9.17, 15) is 4.91 Å². The lowest BCUT2D eigenvalue weighted by Gasteiger charge is -2.32. The Balaban J connectivity index is 2.38. The van der Waals surface area contributed by atoms with Crippen LogP contribution >= 0.6 is 0 Å². The average molecular weight is 375 g/mol. The Kier molecular flexibility index (Phi) is 6.22. The van der Waals surface area contributed by atoms with Crippen molar-refractivity contribution in [2.24, 2.45) is 15.9 Å². The van der Waals surface area contributed by atoms with Crippen LogP contribution in [0.25, 0.3) is 5.57 Å². The van der Waals surface area contributed by atoms with E-state index in [1.54, 1.807) is 26.0 Å². The quantitative estimate of drug-likeness (QED) is 0.359. The van der Waals surface area contributed by atoms with Gasteiger partial charge in [0.25, 0.3) is 0 Å². The minimum absolute atomic E-state index is 0.0670. The molecule has 1 heterocycles. The normalized spacial score (nSPS) is 19.4. The van der Waals surface area contributed by atoms with Crippen LogP contribution in [-0.4, -0.2) is 37.1 Å². The molecule has 0 radical (unpaired) electrons. The van der Waals surface area contributed by atoms with E-state index < -0.39 is 24.1 Å². The van der Waals surface area contributed by atoms with Gasteiger partial charge < -0.3 is 15.0 Å². The summed E-state index contributed by atoms with van der Waals surface area (Å²) in [5.74, 6) is -0.401. The zero-order valence-electron chi connectivity index (χ0n) is 16.8. The topological polar surface area (TPSA) is 86.3 Å². The van der Waals surface area contributed by atoms with Crippen LogP contribution in [0.2, 0.25) is 0 Å². The predicted molar refractivity (Wildman–Crippen MR) is 108 cm³/mol. The van der Waals surface area contributed by atoms with E-state index in [2.05, 4.69) is 10.2 Å². The van der Waals surface area contributed by atoms with Crippen molar-refractivity contribution in [3.63, 3.8) is 0 Å². The Morgan fingerprint density at radius 2 is 1.81 bits per heavy atom. The number of hydrogen-bond acceptors (Lipinski definition) is 6. The molecule has 146 valence electrons. The fourth-order valence-corrected chi connectivity index (χ4v) is 2.88. The molecule has 8 heteroatoms. The van der Waals surface area contributed by atoms with E-state index in [-0.39, 0.29) is 13.1 Å². The summed E-state index contributed by atoms with van der Waals surface area (Å²) in [4.78, 5) is 14.4. The van der Waals surface area contributed by atoms with Gasteiger partial charge in [-0.25, -0.2) is 4.39 Å². The van der Waals surface area contributed by atoms with Gasteiger partial charge in [-0.15, -0.1) is 0 Å². The molecule has 0 bridgehead atoms. The Bertz CT molecular complexity index is 775. The van der Waals surface area contributed by atoms with Gasteiger partial charge in [0.2, 0.25) is 0 Å². The summed E-state index contributed by atoms with van der Waals surface area (Å²) in [7, 11) is -0.641.